The first-order valence-electron chi connectivity index (χ1n) is 5.82. The third kappa shape index (κ3) is 2.63. The molecular weight excluding hydrogens is 324 g/mol. The zero-order chi connectivity index (χ0) is 14.7. The van der Waals surface area contributed by atoms with E-state index in [0.717, 1.165) is 11.3 Å². The Morgan fingerprint density at radius 3 is 2.30 bits per heavy atom. The summed E-state index contributed by atoms with van der Waals surface area (Å²) in [7, 11) is 2.89. The molecule has 0 amide bonds. The third-order valence-electron chi connectivity index (χ3n) is 2.91. The first-order valence-corrected chi connectivity index (χ1v) is 6.62. The predicted octanol–water partition coefficient (Wildman–Crippen LogP) is 3.62. The van der Waals surface area contributed by atoms with Crippen LogP contribution in [0, 0.1) is 0 Å². The fourth-order valence-electron chi connectivity index (χ4n) is 1.88. The Labute approximate surface area is 125 Å². The summed E-state index contributed by atoms with van der Waals surface area (Å²) in [5.74, 6) is 0.201. The maximum absolute atomic E-state index is 11.9. The molecule has 5 heteroatoms. The van der Waals surface area contributed by atoms with E-state index in [1.807, 2.05) is 12.1 Å². The summed E-state index contributed by atoms with van der Waals surface area (Å²) in [4.78, 5) is 11.9. The van der Waals surface area contributed by atoms with Crippen LogP contribution in [0.5, 0.6) is 11.5 Å². The molecular formula is C15H13BrO4. The van der Waals surface area contributed by atoms with Gasteiger partial charge in [-0.15, -0.1) is 0 Å². The molecule has 1 N–H and O–H groups in total. The molecule has 0 saturated heterocycles. The van der Waals surface area contributed by atoms with Crippen LogP contribution in [0.1, 0.15) is 10.4 Å². The Kier molecular flexibility index (Phi) is 4.29. The largest absolute Gasteiger partial charge is 0.507 e. The number of benzene rings is 2. The van der Waals surface area contributed by atoms with E-state index in [1.165, 1.54) is 13.2 Å². The van der Waals surface area contributed by atoms with Gasteiger partial charge in [0, 0.05) is 0 Å². The van der Waals surface area contributed by atoms with Crippen LogP contribution in [-0.2, 0) is 4.74 Å². The fourth-order valence-corrected chi connectivity index (χ4v) is 2.39. The minimum atomic E-state index is -0.515. The maximum atomic E-state index is 11.9. The molecule has 0 atom stereocenters. The average Bonchev–Trinajstić information content (AvgIpc) is 2.49. The molecule has 0 radical (unpaired) electrons. The smallest absolute Gasteiger partial charge is 0.339 e. The monoisotopic (exact) mass is 336 g/mol. The first-order chi connectivity index (χ1) is 9.58. The number of esters is 1. The fraction of sp³-hybridized carbons (Fsp3) is 0.133. The molecule has 0 spiro atoms. The Morgan fingerprint density at radius 2 is 1.75 bits per heavy atom. The Hall–Kier alpha value is -2.01. The van der Waals surface area contributed by atoms with Gasteiger partial charge in [-0.2, -0.15) is 0 Å². The highest BCUT2D eigenvalue weighted by molar-refractivity contribution is 9.10. The van der Waals surface area contributed by atoms with E-state index >= 15 is 0 Å². The number of aromatic hydroxyl groups is 1. The van der Waals surface area contributed by atoms with Crippen molar-refractivity contribution in [2.24, 2.45) is 0 Å². The molecule has 2 rings (SSSR count). The van der Waals surface area contributed by atoms with Gasteiger partial charge >= 0.3 is 5.97 Å². The number of ether oxygens (including phenoxy) is 2. The van der Waals surface area contributed by atoms with Gasteiger partial charge in [0.05, 0.1) is 24.3 Å². The summed E-state index contributed by atoms with van der Waals surface area (Å²) in [6, 6.07) is 10.5. The van der Waals surface area contributed by atoms with Crippen molar-refractivity contribution in [3.63, 3.8) is 0 Å². The molecule has 0 fully saturated rings. The quantitative estimate of drug-likeness (QED) is 0.870. The number of halogens is 1. The van der Waals surface area contributed by atoms with Crippen LogP contribution in [0.4, 0.5) is 0 Å². The molecule has 0 saturated carbocycles. The summed E-state index contributed by atoms with van der Waals surface area (Å²) < 4.78 is 10.2. The number of hydrogen-bond donors (Lipinski definition) is 1. The average molecular weight is 337 g/mol. The van der Waals surface area contributed by atoms with Crippen LogP contribution in [0.3, 0.4) is 0 Å². The topological polar surface area (TPSA) is 55.8 Å². The predicted molar refractivity (Wildman–Crippen MR) is 79.1 cm³/mol. The lowest BCUT2D eigenvalue weighted by atomic mass is 9.99. The summed E-state index contributed by atoms with van der Waals surface area (Å²) in [5, 5.41) is 9.72. The number of phenolic OH excluding ortho intramolecular Hbond substituents is 1. The zero-order valence-corrected chi connectivity index (χ0v) is 12.6. The number of methoxy groups -OCH3 is 2. The van der Waals surface area contributed by atoms with E-state index in [2.05, 4.69) is 15.9 Å². The van der Waals surface area contributed by atoms with Crippen LogP contribution in [-0.4, -0.2) is 25.3 Å². The van der Waals surface area contributed by atoms with Gasteiger partial charge in [-0.05, 0) is 51.3 Å². The molecule has 0 bridgehead atoms. The molecule has 104 valence electrons. The van der Waals surface area contributed by atoms with Crippen molar-refractivity contribution >= 4 is 21.9 Å². The van der Waals surface area contributed by atoms with Crippen molar-refractivity contribution < 1.29 is 19.4 Å². The summed E-state index contributed by atoms with van der Waals surface area (Å²) in [6.07, 6.45) is 0. The molecule has 0 aliphatic heterocycles. The van der Waals surface area contributed by atoms with Crippen LogP contribution < -0.4 is 4.74 Å². The summed E-state index contributed by atoms with van der Waals surface area (Å²) in [6.45, 7) is 0. The number of carbonyl (C=O) groups is 1. The number of phenols is 1. The molecule has 0 heterocycles. The highest BCUT2D eigenvalue weighted by Gasteiger charge is 2.19. The van der Waals surface area contributed by atoms with Crippen molar-refractivity contribution in [1.82, 2.24) is 0 Å². The van der Waals surface area contributed by atoms with E-state index in [0.29, 0.717) is 10.0 Å². The lowest BCUT2D eigenvalue weighted by molar-refractivity contribution is 0.0600. The highest BCUT2D eigenvalue weighted by atomic mass is 79.9. The van der Waals surface area contributed by atoms with Crippen molar-refractivity contribution in [1.29, 1.82) is 0 Å². The molecule has 2 aromatic rings. The number of carbonyl (C=O) groups excluding carboxylic acids is 1. The van der Waals surface area contributed by atoms with Crippen molar-refractivity contribution in [3.05, 3.63) is 46.4 Å². The summed E-state index contributed by atoms with van der Waals surface area (Å²) >= 11 is 3.22. The van der Waals surface area contributed by atoms with Gasteiger partial charge in [0.25, 0.3) is 0 Å². The maximum Gasteiger partial charge on any atom is 0.339 e. The molecule has 0 aromatic heterocycles. The van der Waals surface area contributed by atoms with Crippen LogP contribution in [0.25, 0.3) is 11.1 Å². The van der Waals surface area contributed by atoms with Gasteiger partial charge in [-0.1, -0.05) is 12.1 Å². The second kappa shape index (κ2) is 5.96. The minimum Gasteiger partial charge on any atom is -0.507 e. The SMILES string of the molecule is COC(=O)c1c(-c2ccc(OC)cc2)ccc(O)c1Br. The van der Waals surface area contributed by atoms with Crippen LogP contribution in [0.15, 0.2) is 40.9 Å². The number of hydrogen-bond acceptors (Lipinski definition) is 4. The lowest BCUT2D eigenvalue weighted by Gasteiger charge is -2.12. The van der Waals surface area contributed by atoms with E-state index < -0.39 is 5.97 Å². The van der Waals surface area contributed by atoms with Crippen molar-refractivity contribution in [3.8, 4) is 22.6 Å². The second-order valence-electron chi connectivity index (χ2n) is 4.04. The first kappa shape index (κ1) is 14.4. The molecule has 4 nitrogen and oxygen atoms in total. The van der Waals surface area contributed by atoms with Gasteiger partial charge in [0.1, 0.15) is 11.5 Å². The minimum absolute atomic E-state index is 0.0114. The Morgan fingerprint density at radius 1 is 1.10 bits per heavy atom. The molecule has 2 aromatic carbocycles. The third-order valence-corrected chi connectivity index (χ3v) is 3.71. The van der Waals surface area contributed by atoms with Crippen LogP contribution >= 0.6 is 15.9 Å². The van der Waals surface area contributed by atoms with E-state index in [9.17, 15) is 9.90 Å². The van der Waals surface area contributed by atoms with Gasteiger partial charge in [0.15, 0.2) is 0 Å². The number of rotatable bonds is 3. The molecule has 20 heavy (non-hydrogen) atoms. The summed E-state index contributed by atoms with van der Waals surface area (Å²) in [5.41, 5.74) is 1.79. The lowest BCUT2D eigenvalue weighted by Crippen LogP contribution is -2.05. The van der Waals surface area contributed by atoms with Gasteiger partial charge < -0.3 is 14.6 Å². The Bertz CT molecular complexity index is 635. The van der Waals surface area contributed by atoms with Gasteiger partial charge in [-0.3, -0.25) is 0 Å². The van der Waals surface area contributed by atoms with E-state index in [-0.39, 0.29) is 11.3 Å². The zero-order valence-electron chi connectivity index (χ0n) is 11.0. The van der Waals surface area contributed by atoms with Crippen molar-refractivity contribution in [2.75, 3.05) is 14.2 Å². The van der Waals surface area contributed by atoms with Gasteiger partial charge in [0.2, 0.25) is 0 Å². The highest BCUT2D eigenvalue weighted by Crippen LogP contribution is 2.36. The standard InChI is InChI=1S/C15H13BrO4/c1-19-10-5-3-9(4-6-10)11-7-8-12(17)14(16)13(11)15(18)20-2/h3-8,17H,1-2H3. The van der Waals surface area contributed by atoms with Gasteiger partial charge in [-0.25, -0.2) is 4.79 Å². The second-order valence-corrected chi connectivity index (χ2v) is 4.83. The van der Waals surface area contributed by atoms with E-state index in [4.69, 9.17) is 9.47 Å². The van der Waals surface area contributed by atoms with Crippen molar-refractivity contribution in [2.45, 2.75) is 0 Å². The normalized spacial score (nSPS) is 10.2. The molecule has 0 unspecified atom stereocenters. The van der Waals surface area contributed by atoms with E-state index in [1.54, 1.807) is 25.3 Å². The Balaban J connectivity index is 2.60. The molecule has 0 aliphatic carbocycles. The van der Waals surface area contributed by atoms with Crippen LogP contribution in [0.2, 0.25) is 0 Å². The molecule has 0 aliphatic rings.